The van der Waals surface area contributed by atoms with Gasteiger partial charge in [-0.05, 0) is 35.4 Å². The van der Waals surface area contributed by atoms with Crippen molar-refractivity contribution in [2.24, 2.45) is 0 Å². The molecule has 0 spiro atoms. The Bertz CT molecular complexity index is 1380. The number of benzene rings is 3. The first-order valence-electron chi connectivity index (χ1n) is 11.9. The first-order valence-corrected chi connectivity index (χ1v) is 13.4. The highest BCUT2D eigenvalue weighted by molar-refractivity contribution is 7.93. The van der Waals surface area contributed by atoms with Gasteiger partial charge in [0.1, 0.15) is 17.5 Å². The lowest BCUT2D eigenvalue weighted by Crippen LogP contribution is -2.57. The summed E-state index contributed by atoms with van der Waals surface area (Å²) >= 11 is 0. The summed E-state index contributed by atoms with van der Waals surface area (Å²) < 4.78 is 41.3. The fraction of sp³-hybridized carbons (Fsp3) is 0.286. The van der Waals surface area contributed by atoms with Crippen LogP contribution < -0.4 is 14.8 Å². The minimum atomic E-state index is -4.15. The van der Waals surface area contributed by atoms with Crippen molar-refractivity contribution in [1.82, 2.24) is 5.32 Å². The zero-order valence-corrected chi connectivity index (χ0v) is 21.9. The Balaban J connectivity index is 1.57. The monoisotopic (exact) mass is 539 g/mol. The quantitative estimate of drug-likeness (QED) is 0.402. The van der Waals surface area contributed by atoms with E-state index < -0.39 is 32.5 Å². The van der Waals surface area contributed by atoms with Gasteiger partial charge in [0, 0.05) is 19.4 Å². The van der Waals surface area contributed by atoms with Crippen LogP contribution in [-0.2, 0) is 30.6 Å². The molecule has 0 aliphatic carbocycles. The number of carbonyl (C=O) groups is 2. The SMILES string of the molecule is COc1cccc(OC)c1-c1ccc(C[C@H](NC(=O)C2(S(=O)(=O)c3ccccc3)CCOC2)C(=O)O)cc1. The first kappa shape index (κ1) is 27.2. The molecule has 0 bridgehead atoms. The highest BCUT2D eigenvalue weighted by atomic mass is 32.2. The fourth-order valence-electron chi connectivity index (χ4n) is 4.55. The molecule has 10 heteroatoms. The second-order valence-electron chi connectivity index (χ2n) is 8.92. The molecular formula is C28H29NO8S. The second-order valence-corrected chi connectivity index (χ2v) is 11.2. The molecule has 9 nitrogen and oxygen atoms in total. The van der Waals surface area contributed by atoms with Crippen LogP contribution in [0.4, 0.5) is 0 Å². The first-order chi connectivity index (χ1) is 18.2. The molecule has 3 aromatic carbocycles. The molecule has 200 valence electrons. The van der Waals surface area contributed by atoms with Crippen LogP contribution in [0.5, 0.6) is 11.5 Å². The third kappa shape index (κ3) is 5.09. The Labute approximate surface area is 221 Å². The van der Waals surface area contributed by atoms with Gasteiger partial charge in [-0.2, -0.15) is 0 Å². The lowest BCUT2D eigenvalue weighted by molar-refractivity contribution is -0.142. The molecule has 1 aliphatic heterocycles. The third-order valence-corrected chi connectivity index (χ3v) is 9.11. The third-order valence-electron chi connectivity index (χ3n) is 6.68. The van der Waals surface area contributed by atoms with Crippen molar-refractivity contribution >= 4 is 21.7 Å². The molecule has 1 aliphatic rings. The normalized spacial score (nSPS) is 17.9. The molecular weight excluding hydrogens is 510 g/mol. The van der Waals surface area contributed by atoms with E-state index in [9.17, 15) is 23.1 Å². The maximum absolute atomic E-state index is 13.5. The van der Waals surface area contributed by atoms with Crippen molar-refractivity contribution in [3.63, 3.8) is 0 Å². The van der Waals surface area contributed by atoms with Crippen LogP contribution in [0.3, 0.4) is 0 Å². The Morgan fingerprint density at radius 2 is 1.61 bits per heavy atom. The lowest BCUT2D eigenvalue weighted by Gasteiger charge is -2.28. The van der Waals surface area contributed by atoms with E-state index in [1.54, 1.807) is 44.6 Å². The molecule has 1 saturated heterocycles. The number of hydrogen-bond acceptors (Lipinski definition) is 7. The highest BCUT2D eigenvalue weighted by Gasteiger charge is 2.54. The van der Waals surface area contributed by atoms with Gasteiger partial charge in [-0.15, -0.1) is 0 Å². The highest BCUT2D eigenvalue weighted by Crippen LogP contribution is 2.38. The topological polar surface area (TPSA) is 128 Å². The van der Waals surface area contributed by atoms with Crippen LogP contribution in [0.25, 0.3) is 11.1 Å². The Hall–Kier alpha value is -3.89. The van der Waals surface area contributed by atoms with E-state index in [-0.39, 0.29) is 31.0 Å². The summed E-state index contributed by atoms with van der Waals surface area (Å²) in [5.41, 5.74) is 2.19. The molecule has 38 heavy (non-hydrogen) atoms. The maximum Gasteiger partial charge on any atom is 0.326 e. The predicted molar refractivity (Wildman–Crippen MR) is 140 cm³/mol. The maximum atomic E-state index is 13.5. The van der Waals surface area contributed by atoms with E-state index in [1.807, 2.05) is 30.3 Å². The lowest BCUT2D eigenvalue weighted by atomic mass is 9.98. The predicted octanol–water partition coefficient (Wildman–Crippen LogP) is 3.12. The van der Waals surface area contributed by atoms with Gasteiger partial charge in [-0.25, -0.2) is 13.2 Å². The van der Waals surface area contributed by atoms with Crippen molar-refractivity contribution in [3.8, 4) is 22.6 Å². The molecule has 2 N–H and O–H groups in total. The van der Waals surface area contributed by atoms with Gasteiger partial charge in [0.25, 0.3) is 0 Å². The van der Waals surface area contributed by atoms with Crippen molar-refractivity contribution in [2.75, 3.05) is 27.4 Å². The van der Waals surface area contributed by atoms with Gasteiger partial charge >= 0.3 is 5.97 Å². The van der Waals surface area contributed by atoms with Crippen molar-refractivity contribution in [1.29, 1.82) is 0 Å². The van der Waals surface area contributed by atoms with Crippen LogP contribution in [0.2, 0.25) is 0 Å². The standard InChI is InChI=1S/C28H29NO8S/c1-35-23-9-6-10-24(36-2)25(23)20-13-11-19(12-14-20)17-22(26(30)31)29-27(32)28(15-16-37-18-28)38(33,34)21-7-4-3-5-8-21/h3-14,22H,15-18H2,1-2H3,(H,29,32)(H,30,31)/t22-,28?/m0/s1. The van der Waals surface area contributed by atoms with E-state index in [0.717, 1.165) is 11.1 Å². The summed E-state index contributed by atoms with van der Waals surface area (Å²) in [6.07, 6.45) is -0.120. The summed E-state index contributed by atoms with van der Waals surface area (Å²) in [5.74, 6) is -0.922. The molecule has 4 rings (SSSR count). The van der Waals surface area contributed by atoms with E-state index in [2.05, 4.69) is 5.32 Å². The number of rotatable bonds is 10. The summed E-state index contributed by atoms with van der Waals surface area (Å²) in [4.78, 5) is 25.5. The number of ether oxygens (including phenoxy) is 3. The van der Waals surface area contributed by atoms with Gasteiger partial charge in [-0.1, -0.05) is 48.5 Å². The van der Waals surface area contributed by atoms with Crippen molar-refractivity contribution in [3.05, 3.63) is 78.4 Å². The number of carboxylic acids is 1. The Morgan fingerprint density at radius 1 is 0.974 bits per heavy atom. The molecule has 1 unspecified atom stereocenters. The smallest absolute Gasteiger partial charge is 0.326 e. The summed E-state index contributed by atoms with van der Waals surface area (Å²) in [5, 5.41) is 12.3. The number of hydrogen-bond donors (Lipinski definition) is 2. The minimum absolute atomic E-state index is 0.0186. The average molecular weight is 540 g/mol. The minimum Gasteiger partial charge on any atom is -0.496 e. The summed E-state index contributed by atoms with van der Waals surface area (Å²) in [6, 6.07) is 18.8. The molecule has 0 aromatic heterocycles. The van der Waals surface area contributed by atoms with Crippen LogP contribution in [0, 0.1) is 0 Å². The number of carbonyl (C=O) groups excluding carboxylic acids is 1. The van der Waals surface area contributed by atoms with Gasteiger partial charge in [-0.3, -0.25) is 4.79 Å². The van der Waals surface area contributed by atoms with Gasteiger partial charge in [0.2, 0.25) is 5.91 Å². The molecule has 1 fully saturated rings. The number of aliphatic carboxylic acids is 1. The Kier molecular flexibility index (Phi) is 8.03. The van der Waals surface area contributed by atoms with E-state index in [1.165, 1.54) is 12.1 Å². The summed E-state index contributed by atoms with van der Waals surface area (Å²) in [6.45, 7) is -0.275. The largest absolute Gasteiger partial charge is 0.496 e. The van der Waals surface area contributed by atoms with Crippen LogP contribution in [0.1, 0.15) is 12.0 Å². The average Bonchev–Trinajstić information content (AvgIpc) is 3.45. The van der Waals surface area contributed by atoms with Crippen molar-refractivity contribution < 1.29 is 37.3 Å². The molecule has 1 amide bonds. The van der Waals surface area contributed by atoms with E-state index in [4.69, 9.17) is 14.2 Å². The number of carboxylic acid groups (broad SMARTS) is 1. The van der Waals surface area contributed by atoms with Crippen LogP contribution >= 0.6 is 0 Å². The molecule has 0 radical (unpaired) electrons. The molecule has 1 heterocycles. The molecule has 3 aromatic rings. The second kappa shape index (κ2) is 11.2. The van der Waals surface area contributed by atoms with Gasteiger partial charge in [0.15, 0.2) is 14.6 Å². The van der Waals surface area contributed by atoms with Gasteiger partial charge in [0.05, 0.1) is 31.3 Å². The Morgan fingerprint density at radius 3 is 2.13 bits per heavy atom. The molecule has 2 atom stereocenters. The fourth-order valence-corrected chi connectivity index (χ4v) is 6.41. The van der Waals surface area contributed by atoms with Crippen LogP contribution in [0.15, 0.2) is 77.7 Å². The van der Waals surface area contributed by atoms with E-state index in [0.29, 0.717) is 17.1 Å². The number of sulfone groups is 1. The number of nitrogens with one attached hydrogen (secondary N) is 1. The molecule has 0 saturated carbocycles. The zero-order valence-electron chi connectivity index (χ0n) is 21.0. The number of methoxy groups -OCH3 is 2. The number of amides is 1. The van der Waals surface area contributed by atoms with E-state index >= 15 is 0 Å². The van der Waals surface area contributed by atoms with Crippen molar-refractivity contribution in [2.45, 2.75) is 28.5 Å². The zero-order chi connectivity index (χ0) is 27.3. The summed E-state index contributed by atoms with van der Waals surface area (Å²) in [7, 11) is -1.02. The van der Waals surface area contributed by atoms with Crippen LogP contribution in [-0.4, -0.2) is 63.6 Å². The van der Waals surface area contributed by atoms with Gasteiger partial charge < -0.3 is 24.6 Å².